The molecule has 0 N–H and O–H groups in total. The number of benzene rings is 1. The summed E-state index contributed by atoms with van der Waals surface area (Å²) in [5, 5.41) is 1.98. The normalized spacial score (nSPS) is 14.1. The molecule has 0 aliphatic carbocycles. The Balaban J connectivity index is 1.29. The molecule has 0 spiro atoms. The van der Waals surface area contributed by atoms with Crippen LogP contribution in [0.4, 0.5) is 0 Å². The molecule has 1 fully saturated rings. The molecule has 2 amide bonds. The zero-order valence-corrected chi connectivity index (χ0v) is 15.8. The average Bonchev–Trinajstić information content (AvgIpc) is 3.31. The van der Waals surface area contributed by atoms with Crippen LogP contribution < -0.4 is 10.4 Å². The Labute approximate surface area is 168 Å². The highest BCUT2D eigenvalue weighted by atomic mass is 16.7. The maximum atomic E-state index is 11.7. The van der Waals surface area contributed by atoms with Crippen LogP contribution in [-0.2, 0) is 24.0 Å². The van der Waals surface area contributed by atoms with E-state index in [0.717, 1.165) is 5.39 Å². The second-order valence-corrected chi connectivity index (χ2v) is 6.47. The Bertz CT molecular complexity index is 1160. The molecule has 0 unspecified atom stereocenters. The smallest absolute Gasteiger partial charge is 0.336 e. The highest BCUT2D eigenvalue weighted by Crippen LogP contribution is 2.34. The Morgan fingerprint density at radius 3 is 2.53 bits per heavy atom. The van der Waals surface area contributed by atoms with E-state index in [-0.39, 0.29) is 44.7 Å². The van der Waals surface area contributed by atoms with Gasteiger partial charge in [0.2, 0.25) is 5.75 Å². The van der Waals surface area contributed by atoms with Gasteiger partial charge in [-0.15, -0.1) is 5.06 Å². The first-order valence-corrected chi connectivity index (χ1v) is 9.24. The van der Waals surface area contributed by atoms with Crippen molar-refractivity contribution in [2.45, 2.75) is 19.3 Å². The van der Waals surface area contributed by atoms with Crippen LogP contribution in [0.25, 0.3) is 21.9 Å². The quantitative estimate of drug-likeness (QED) is 0.308. The first-order valence-electron chi connectivity index (χ1n) is 9.24. The minimum atomic E-state index is -0.743. The zero-order chi connectivity index (χ0) is 21.1. The lowest BCUT2D eigenvalue weighted by Crippen LogP contribution is -2.32. The fraction of sp³-hybridized carbons (Fsp3) is 0.300. The Kier molecular flexibility index (Phi) is 5.48. The van der Waals surface area contributed by atoms with E-state index in [1.807, 2.05) is 6.07 Å². The largest absolute Gasteiger partial charge is 0.484 e. The SMILES string of the molecule is O=C(CCOCCOc1c2occc2cc2ccc(=O)oc12)ON1C(=O)CCC1=O. The van der Waals surface area contributed by atoms with E-state index >= 15 is 0 Å². The van der Waals surface area contributed by atoms with Gasteiger partial charge in [0.25, 0.3) is 11.8 Å². The molecule has 156 valence electrons. The van der Waals surface area contributed by atoms with E-state index in [4.69, 9.17) is 23.1 Å². The van der Waals surface area contributed by atoms with E-state index in [0.29, 0.717) is 21.8 Å². The van der Waals surface area contributed by atoms with Crippen molar-refractivity contribution in [3.05, 3.63) is 40.9 Å². The molecule has 1 aromatic carbocycles. The molecule has 0 radical (unpaired) electrons. The van der Waals surface area contributed by atoms with Crippen LogP contribution in [0.2, 0.25) is 0 Å². The lowest BCUT2D eigenvalue weighted by atomic mass is 10.1. The molecular weight excluding hydrogens is 398 g/mol. The molecule has 10 nitrogen and oxygen atoms in total. The maximum absolute atomic E-state index is 11.7. The van der Waals surface area contributed by atoms with Gasteiger partial charge in [-0.3, -0.25) is 9.59 Å². The van der Waals surface area contributed by atoms with E-state index < -0.39 is 23.4 Å². The van der Waals surface area contributed by atoms with Crippen LogP contribution in [0.5, 0.6) is 5.75 Å². The fourth-order valence-corrected chi connectivity index (χ4v) is 3.00. The fourth-order valence-electron chi connectivity index (χ4n) is 3.00. The highest BCUT2D eigenvalue weighted by Gasteiger charge is 2.32. The number of fused-ring (bicyclic) bond motifs is 2. The number of nitrogens with zero attached hydrogens (tertiary/aromatic N) is 1. The first-order chi connectivity index (χ1) is 14.5. The summed E-state index contributed by atoms with van der Waals surface area (Å²) in [6.45, 7) is 0.245. The monoisotopic (exact) mass is 415 g/mol. The number of rotatable bonds is 8. The lowest BCUT2D eigenvalue weighted by molar-refractivity contribution is -0.198. The summed E-state index contributed by atoms with van der Waals surface area (Å²) in [7, 11) is 0. The second kappa shape index (κ2) is 8.37. The van der Waals surface area contributed by atoms with Gasteiger partial charge in [-0.05, 0) is 18.2 Å². The average molecular weight is 415 g/mol. The molecule has 1 saturated heterocycles. The van der Waals surface area contributed by atoms with Gasteiger partial charge in [-0.2, -0.15) is 0 Å². The van der Waals surface area contributed by atoms with Crippen molar-refractivity contribution in [3.8, 4) is 5.75 Å². The van der Waals surface area contributed by atoms with Gasteiger partial charge < -0.3 is 23.1 Å². The predicted molar refractivity (Wildman–Crippen MR) is 100 cm³/mol. The molecule has 2 aromatic heterocycles. The van der Waals surface area contributed by atoms with Gasteiger partial charge in [0.1, 0.15) is 6.61 Å². The van der Waals surface area contributed by atoms with Gasteiger partial charge in [0.05, 0.1) is 25.9 Å². The standard InChI is InChI=1S/C20H17NO9/c22-14-2-3-15(23)21(14)30-17(25)6-7-26-9-10-28-20-18-13(5-8-27-18)11-12-1-4-16(24)29-19(12)20/h1,4-5,8,11H,2-3,6-7,9-10H2. The Hall–Kier alpha value is -3.66. The number of imide groups is 1. The van der Waals surface area contributed by atoms with Crippen LogP contribution in [0.15, 0.2) is 44.2 Å². The van der Waals surface area contributed by atoms with Gasteiger partial charge >= 0.3 is 11.6 Å². The van der Waals surface area contributed by atoms with E-state index in [1.54, 1.807) is 12.1 Å². The minimum absolute atomic E-state index is 0.0131. The molecule has 3 heterocycles. The number of hydrogen-bond donors (Lipinski definition) is 0. The van der Waals surface area contributed by atoms with Gasteiger partial charge in [0, 0.05) is 29.7 Å². The van der Waals surface area contributed by atoms with E-state index in [9.17, 15) is 19.2 Å². The summed E-state index contributed by atoms with van der Waals surface area (Å²) in [4.78, 5) is 50.8. The second-order valence-electron chi connectivity index (χ2n) is 6.47. The topological polar surface area (TPSA) is 125 Å². The van der Waals surface area contributed by atoms with Crippen molar-refractivity contribution in [1.82, 2.24) is 5.06 Å². The summed E-state index contributed by atoms with van der Waals surface area (Å²) < 4.78 is 21.8. The summed E-state index contributed by atoms with van der Waals surface area (Å²) in [6.07, 6.45) is 1.45. The van der Waals surface area contributed by atoms with Crippen LogP contribution in [-0.4, -0.2) is 42.7 Å². The Morgan fingerprint density at radius 2 is 1.73 bits per heavy atom. The minimum Gasteiger partial charge on any atom is -0.484 e. The number of hydrogen-bond acceptors (Lipinski definition) is 9. The number of furan rings is 1. The van der Waals surface area contributed by atoms with Crippen LogP contribution >= 0.6 is 0 Å². The third-order valence-corrected chi connectivity index (χ3v) is 4.41. The number of ether oxygens (including phenoxy) is 2. The molecule has 1 aliphatic rings. The summed E-state index contributed by atoms with van der Waals surface area (Å²) in [6, 6.07) is 6.55. The molecule has 0 bridgehead atoms. The first kappa shape index (κ1) is 19.6. The summed E-state index contributed by atoms with van der Waals surface area (Å²) in [5.41, 5.74) is 0.205. The number of amides is 2. The molecule has 30 heavy (non-hydrogen) atoms. The maximum Gasteiger partial charge on any atom is 0.336 e. The van der Waals surface area contributed by atoms with Crippen molar-refractivity contribution in [2.24, 2.45) is 0 Å². The molecule has 1 aliphatic heterocycles. The van der Waals surface area contributed by atoms with Gasteiger partial charge in [0.15, 0.2) is 11.2 Å². The summed E-state index contributed by atoms with van der Waals surface area (Å²) in [5.74, 6) is -1.52. The number of carbonyl (C=O) groups is 3. The van der Waals surface area contributed by atoms with Crippen LogP contribution in [0, 0.1) is 0 Å². The molecule has 4 rings (SSSR count). The molecule has 3 aromatic rings. The number of hydroxylamine groups is 2. The number of carbonyl (C=O) groups excluding carboxylic acids is 3. The zero-order valence-electron chi connectivity index (χ0n) is 15.8. The third kappa shape index (κ3) is 4.03. The summed E-state index contributed by atoms with van der Waals surface area (Å²) >= 11 is 0. The molecule has 0 atom stereocenters. The van der Waals surface area contributed by atoms with Crippen molar-refractivity contribution < 1.29 is 37.5 Å². The highest BCUT2D eigenvalue weighted by molar-refractivity contribution is 6.01. The van der Waals surface area contributed by atoms with Crippen LogP contribution in [0.3, 0.4) is 0 Å². The van der Waals surface area contributed by atoms with Crippen LogP contribution in [0.1, 0.15) is 19.3 Å². The van der Waals surface area contributed by atoms with E-state index in [1.165, 1.54) is 12.3 Å². The van der Waals surface area contributed by atoms with Crippen molar-refractivity contribution in [2.75, 3.05) is 19.8 Å². The van der Waals surface area contributed by atoms with E-state index in [2.05, 4.69) is 0 Å². The molecule has 10 heteroatoms. The van der Waals surface area contributed by atoms with Crippen molar-refractivity contribution >= 4 is 39.7 Å². The van der Waals surface area contributed by atoms with Gasteiger partial charge in [-0.25, -0.2) is 9.59 Å². The molecule has 0 saturated carbocycles. The lowest BCUT2D eigenvalue weighted by Gasteiger charge is -2.12. The Morgan fingerprint density at radius 1 is 0.967 bits per heavy atom. The van der Waals surface area contributed by atoms with Crippen molar-refractivity contribution in [3.63, 3.8) is 0 Å². The van der Waals surface area contributed by atoms with Gasteiger partial charge in [-0.1, -0.05) is 0 Å². The van der Waals surface area contributed by atoms with Crippen molar-refractivity contribution in [1.29, 1.82) is 0 Å². The molecular formula is C20H17NO9. The predicted octanol–water partition coefficient (Wildman–Crippen LogP) is 1.93. The third-order valence-electron chi connectivity index (χ3n) is 4.41.